The fourth-order valence-electron chi connectivity index (χ4n) is 2.92. The number of hydrogen-bond acceptors (Lipinski definition) is 5. The molecule has 1 aromatic carbocycles. The van der Waals surface area contributed by atoms with Crippen molar-refractivity contribution in [2.75, 3.05) is 20.2 Å². The van der Waals surface area contributed by atoms with Crippen LogP contribution in [0.15, 0.2) is 46.1 Å². The van der Waals surface area contributed by atoms with E-state index in [2.05, 4.69) is 4.98 Å². The third kappa shape index (κ3) is 3.53. The highest BCUT2D eigenvalue weighted by molar-refractivity contribution is 5.96. The molecular formula is C20H22N4O4. The molecule has 8 heteroatoms. The zero-order chi connectivity index (χ0) is 20.4. The first-order valence-electron chi connectivity index (χ1n) is 8.81. The minimum atomic E-state index is -0.481. The van der Waals surface area contributed by atoms with Gasteiger partial charge in [0.2, 0.25) is 0 Å². The second-order valence-corrected chi connectivity index (χ2v) is 6.64. The zero-order valence-corrected chi connectivity index (χ0v) is 16.3. The molecule has 2 aromatic heterocycles. The Labute approximate surface area is 161 Å². The molecular weight excluding hydrogens is 360 g/mol. The van der Waals surface area contributed by atoms with Crippen LogP contribution in [0.4, 0.5) is 0 Å². The second kappa shape index (κ2) is 7.67. The van der Waals surface area contributed by atoms with Gasteiger partial charge < -0.3 is 9.64 Å². The van der Waals surface area contributed by atoms with Crippen molar-refractivity contribution in [2.45, 2.75) is 6.92 Å². The van der Waals surface area contributed by atoms with Crippen molar-refractivity contribution in [3.63, 3.8) is 0 Å². The lowest BCUT2D eigenvalue weighted by Gasteiger charge is -2.18. The van der Waals surface area contributed by atoms with Crippen LogP contribution >= 0.6 is 0 Å². The number of benzene rings is 1. The number of aryl methyl sites for hydroxylation is 2. The zero-order valence-electron chi connectivity index (χ0n) is 16.3. The summed E-state index contributed by atoms with van der Waals surface area (Å²) in [6, 6.07) is 9.14. The summed E-state index contributed by atoms with van der Waals surface area (Å²) in [5.74, 6) is 0.499. The molecule has 0 N–H and O–H groups in total. The molecule has 0 aliphatic carbocycles. The number of para-hydroxylation sites is 1. The summed E-state index contributed by atoms with van der Waals surface area (Å²) in [7, 11) is 4.59. The van der Waals surface area contributed by atoms with Crippen molar-refractivity contribution >= 4 is 16.9 Å². The number of aromatic nitrogens is 3. The van der Waals surface area contributed by atoms with Crippen LogP contribution < -0.4 is 16.0 Å². The van der Waals surface area contributed by atoms with Gasteiger partial charge in [-0.3, -0.25) is 18.7 Å². The van der Waals surface area contributed by atoms with Crippen LogP contribution in [0.2, 0.25) is 0 Å². The molecule has 2 heterocycles. The molecule has 1 amide bonds. The van der Waals surface area contributed by atoms with Crippen LogP contribution in [-0.2, 0) is 14.1 Å². The maximum atomic E-state index is 12.7. The van der Waals surface area contributed by atoms with E-state index in [-0.39, 0.29) is 22.5 Å². The van der Waals surface area contributed by atoms with Crippen LogP contribution in [0.5, 0.6) is 5.75 Å². The van der Waals surface area contributed by atoms with Gasteiger partial charge in [-0.05, 0) is 24.6 Å². The third-order valence-corrected chi connectivity index (χ3v) is 4.66. The molecule has 8 nitrogen and oxygen atoms in total. The molecule has 0 unspecified atom stereocenters. The monoisotopic (exact) mass is 382 g/mol. The third-order valence-electron chi connectivity index (χ3n) is 4.66. The number of hydrogen-bond donors (Lipinski definition) is 0. The van der Waals surface area contributed by atoms with Crippen LogP contribution in [-0.4, -0.2) is 45.1 Å². The summed E-state index contributed by atoms with van der Waals surface area (Å²) in [4.78, 5) is 42.7. The number of amides is 1. The lowest BCUT2D eigenvalue weighted by Crippen LogP contribution is -2.37. The summed E-state index contributed by atoms with van der Waals surface area (Å²) >= 11 is 0. The second-order valence-electron chi connectivity index (χ2n) is 6.64. The minimum Gasteiger partial charge on any atom is -0.491 e. The van der Waals surface area contributed by atoms with Gasteiger partial charge >= 0.3 is 5.69 Å². The first kappa shape index (κ1) is 19.3. The molecule has 0 atom stereocenters. The summed E-state index contributed by atoms with van der Waals surface area (Å²) in [6.45, 7) is 2.67. The number of nitrogens with zero attached hydrogens (tertiary/aromatic N) is 4. The van der Waals surface area contributed by atoms with E-state index in [1.54, 1.807) is 7.05 Å². The van der Waals surface area contributed by atoms with Crippen LogP contribution in [0, 0.1) is 6.92 Å². The van der Waals surface area contributed by atoms with Gasteiger partial charge in [0.25, 0.3) is 11.5 Å². The normalized spacial score (nSPS) is 10.9. The average molecular weight is 382 g/mol. The van der Waals surface area contributed by atoms with E-state index in [4.69, 9.17) is 4.74 Å². The molecule has 0 aliphatic rings. The van der Waals surface area contributed by atoms with Crippen molar-refractivity contribution in [1.82, 2.24) is 19.0 Å². The van der Waals surface area contributed by atoms with E-state index in [1.165, 1.54) is 35.8 Å². The Bertz CT molecular complexity index is 1160. The van der Waals surface area contributed by atoms with Crippen molar-refractivity contribution in [2.24, 2.45) is 14.1 Å². The van der Waals surface area contributed by atoms with Crippen molar-refractivity contribution in [3.8, 4) is 5.75 Å². The van der Waals surface area contributed by atoms with E-state index in [9.17, 15) is 14.4 Å². The van der Waals surface area contributed by atoms with Crippen LogP contribution in [0.25, 0.3) is 11.0 Å². The van der Waals surface area contributed by atoms with Gasteiger partial charge in [-0.15, -0.1) is 0 Å². The molecule has 0 saturated heterocycles. The number of fused-ring (bicyclic) bond motifs is 1. The molecule has 0 fully saturated rings. The van der Waals surface area contributed by atoms with Gasteiger partial charge in [-0.1, -0.05) is 18.2 Å². The van der Waals surface area contributed by atoms with Crippen LogP contribution in [0.1, 0.15) is 15.9 Å². The van der Waals surface area contributed by atoms with E-state index in [1.807, 2.05) is 31.2 Å². The van der Waals surface area contributed by atoms with Gasteiger partial charge in [-0.2, -0.15) is 0 Å². The van der Waals surface area contributed by atoms with Crippen LogP contribution in [0.3, 0.4) is 0 Å². The highest BCUT2D eigenvalue weighted by Crippen LogP contribution is 2.16. The van der Waals surface area contributed by atoms with Gasteiger partial charge in [-0.25, -0.2) is 9.78 Å². The predicted molar refractivity (Wildman–Crippen MR) is 106 cm³/mol. The lowest BCUT2D eigenvalue weighted by atomic mass is 10.2. The van der Waals surface area contributed by atoms with E-state index in [0.717, 1.165) is 15.9 Å². The first-order valence-corrected chi connectivity index (χ1v) is 8.81. The Kier molecular flexibility index (Phi) is 5.30. The van der Waals surface area contributed by atoms with Gasteiger partial charge in [0, 0.05) is 27.3 Å². The van der Waals surface area contributed by atoms with Gasteiger partial charge in [0.15, 0.2) is 0 Å². The maximum absolute atomic E-state index is 12.7. The fraction of sp³-hybridized carbons (Fsp3) is 0.300. The summed E-state index contributed by atoms with van der Waals surface area (Å²) in [5, 5.41) is 0.222. The molecule has 146 valence electrons. The minimum absolute atomic E-state index is 0.222. The van der Waals surface area contributed by atoms with E-state index < -0.39 is 11.2 Å². The predicted octanol–water partition coefficient (Wildman–Crippen LogP) is 1.09. The topological polar surface area (TPSA) is 86.4 Å². The quantitative estimate of drug-likeness (QED) is 0.659. The maximum Gasteiger partial charge on any atom is 0.332 e. The molecule has 0 spiro atoms. The summed E-state index contributed by atoms with van der Waals surface area (Å²) in [6.07, 6.45) is 1.38. The number of carbonyl (C=O) groups excluding carboxylic acids is 1. The highest BCUT2D eigenvalue weighted by atomic mass is 16.5. The molecule has 0 aliphatic heterocycles. The standard InChI is InChI=1S/C20H22N4O4/c1-13-7-5-6-8-16(13)28-10-9-22(2)18(25)14-11-15-17(21-12-14)23(3)20(27)24(4)19(15)26/h5-8,11-12H,9-10H2,1-4H3. The Hall–Kier alpha value is -3.42. The Morgan fingerprint density at radius 3 is 2.61 bits per heavy atom. The lowest BCUT2D eigenvalue weighted by molar-refractivity contribution is 0.0773. The van der Waals surface area contributed by atoms with E-state index >= 15 is 0 Å². The molecule has 0 saturated carbocycles. The molecule has 28 heavy (non-hydrogen) atoms. The molecule has 0 radical (unpaired) electrons. The number of ether oxygens (including phenoxy) is 1. The highest BCUT2D eigenvalue weighted by Gasteiger charge is 2.16. The SMILES string of the molecule is Cc1ccccc1OCCN(C)C(=O)c1cnc2c(c1)c(=O)n(C)c(=O)n2C. The molecule has 3 rings (SSSR count). The molecule has 0 bridgehead atoms. The van der Waals surface area contributed by atoms with E-state index in [0.29, 0.717) is 13.2 Å². The van der Waals surface area contributed by atoms with Crippen molar-refractivity contribution in [1.29, 1.82) is 0 Å². The molecule has 3 aromatic rings. The summed E-state index contributed by atoms with van der Waals surface area (Å²) in [5.41, 5.74) is 0.605. The van der Waals surface area contributed by atoms with Gasteiger partial charge in [0.1, 0.15) is 18.0 Å². The Morgan fingerprint density at radius 2 is 1.89 bits per heavy atom. The average Bonchev–Trinajstić information content (AvgIpc) is 2.71. The Balaban J connectivity index is 1.78. The Morgan fingerprint density at radius 1 is 1.18 bits per heavy atom. The smallest absolute Gasteiger partial charge is 0.332 e. The van der Waals surface area contributed by atoms with Crippen molar-refractivity contribution in [3.05, 3.63) is 68.5 Å². The fourth-order valence-corrected chi connectivity index (χ4v) is 2.92. The van der Waals surface area contributed by atoms with Gasteiger partial charge in [0.05, 0.1) is 17.5 Å². The number of likely N-dealkylation sites (N-methyl/N-ethyl adjacent to an activating group) is 1. The largest absolute Gasteiger partial charge is 0.491 e. The summed E-state index contributed by atoms with van der Waals surface area (Å²) < 4.78 is 8.01. The number of pyridine rings is 1. The first-order chi connectivity index (χ1) is 13.3. The number of rotatable bonds is 5. The number of carbonyl (C=O) groups is 1. The van der Waals surface area contributed by atoms with Crippen molar-refractivity contribution < 1.29 is 9.53 Å².